The third-order valence-electron chi connectivity index (χ3n) is 5.01. The summed E-state index contributed by atoms with van der Waals surface area (Å²) in [4.78, 5) is 19.1. The maximum Gasteiger partial charge on any atom is 0.324 e. The van der Waals surface area contributed by atoms with Gasteiger partial charge in [-0.3, -0.25) is 4.79 Å². The van der Waals surface area contributed by atoms with Crippen LogP contribution in [0.25, 0.3) is 11.4 Å². The molecule has 0 radical (unpaired) electrons. The van der Waals surface area contributed by atoms with Gasteiger partial charge in [-0.15, -0.1) is 0 Å². The first-order valence-electron chi connectivity index (χ1n) is 9.52. The molecule has 1 aliphatic rings. The predicted molar refractivity (Wildman–Crippen MR) is 111 cm³/mol. The number of nitrogens with zero attached hydrogens (tertiary/aromatic N) is 3. The van der Waals surface area contributed by atoms with Crippen molar-refractivity contribution in [1.29, 1.82) is 0 Å². The lowest BCUT2D eigenvalue weighted by Gasteiger charge is -2.30. The molecule has 3 aromatic rings. The quantitative estimate of drug-likeness (QED) is 0.646. The van der Waals surface area contributed by atoms with E-state index in [1.165, 1.54) is 18.2 Å². The molecule has 1 saturated heterocycles. The summed E-state index contributed by atoms with van der Waals surface area (Å²) in [6.07, 6.45) is 1.54. The number of hydrogen-bond donors (Lipinski definition) is 1. The Kier molecular flexibility index (Phi) is 5.85. The van der Waals surface area contributed by atoms with Crippen molar-refractivity contribution in [2.45, 2.75) is 12.8 Å². The highest BCUT2D eigenvalue weighted by Gasteiger charge is 2.29. The fraction of sp³-hybridized carbons (Fsp3) is 0.286. The highest BCUT2D eigenvalue weighted by atomic mass is 35.5. The number of methoxy groups -OCH3 is 1. The van der Waals surface area contributed by atoms with Crippen LogP contribution in [0.3, 0.4) is 0 Å². The first-order valence-corrected chi connectivity index (χ1v) is 9.90. The van der Waals surface area contributed by atoms with Crippen molar-refractivity contribution >= 4 is 29.2 Å². The minimum absolute atomic E-state index is 0.0324. The standard InChI is InChI=1S/C21H20ClFN4O3/c1-29-16-7-4-13(5-8-16)19-25-21(30-26-19)27-10-2-3-14(12-27)20(28)24-15-6-9-18(23)17(22)11-15/h4-9,11,14H,2-3,10,12H2,1H3,(H,24,28)/t14-/m1/s1. The average Bonchev–Trinajstić information content (AvgIpc) is 3.27. The molecule has 0 aliphatic carbocycles. The first-order chi connectivity index (χ1) is 14.5. The van der Waals surface area contributed by atoms with Crippen LogP contribution < -0.4 is 15.0 Å². The number of carbonyl (C=O) groups is 1. The van der Waals surface area contributed by atoms with E-state index in [9.17, 15) is 9.18 Å². The van der Waals surface area contributed by atoms with Crippen LogP contribution in [-0.2, 0) is 4.79 Å². The van der Waals surface area contributed by atoms with Crippen LogP contribution >= 0.6 is 11.6 Å². The molecule has 7 nitrogen and oxygen atoms in total. The molecule has 0 saturated carbocycles. The molecule has 0 unspecified atom stereocenters. The third-order valence-corrected chi connectivity index (χ3v) is 5.30. The van der Waals surface area contributed by atoms with E-state index < -0.39 is 5.82 Å². The van der Waals surface area contributed by atoms with Crippen molar-refractivity contribution < 1.29 is 18.4 Å². The monoisotopic (exact) mass is 430 g/mol. The van der Waals surface area contributed by atoms with Crippen molar-refractivity contribution in [2.75, 3.05) is 30.4 Å². The molecule has 0 bridgehead atoms. The number of halogens is 2. The number of hydrogen-bond acceptors (Lipinski definition) is 6. The van der Waals surface area contributed by atoms with E-state index in [2.05, 4.69) is 15.5 Å². The molecule has 30 heavy (non-hydrogen) atoms. The number of ether oxygens (including phenoxy) is 1. The SMILES string of the molecule is COc1ccc(-c2noc(N3CCC[C@@H](C(=O)Nc4ccc(F)c(Cl)c4)C3)n2)cc1. The summed E-state index contributed by atoms with van der Waals surface area (Å²) >= 11 is 5.79. The lowest BCUT2D eigenvalue weighted by molar-refractivity contribution is -0.120. The zero-order chi connectivity index (χ0) is 21.1. The van der Waals surface area contributed by atoms with Crippen LogP contribution in [0, 0.1) is 11.7 Å². The van der Waals surface area contributed by atoms with E-state index in [4.69, 9.17) is 20.9 Å². The van der Waals surface area contributed by atoms with Crippen molar-refractivity contribution in [3.63, 3.8) is 0 Å². The normalized spacial score (nSPS) is 16.4. The van der Waals surface area contributed by atoms with E-state index >= 15 is 0 Å². The molecule has 1 atom stereocenters. The van der Waals surface area contributed by atoms with Gasteiger partial charge in [0.05, 0.1) is 18.1 Å². The minimum atomic E-state index is -0.525. The first kappa shape index (κ1) is 20.2. The van der Waals surface area contributed by atoms with E-state index in [0.717, 1.165) is 30.7 Å². The van der Waals surface area contributed by atoms with Gasteiger partial charge in [0, 0.05) is 24.3 Å². The summed E-state index contributed by atoms with van der Waals surface area (Å²) in [5.41, 5.74) is 1.27. The Balaban J connectivity index is 1.42. The Hall–Kier alpha value is -3.13. The van der Waals surface area contributed by atoms with Crippen LogP contribution in [0.15, 0.2) is 47.0 Å². The van der Waals surface area contributed by atoms with Gasteiger partial charge in [0.25, 0.3) is 0 Å². The minimum Gasteiger partial charge on any atom is -0.497 e. The number of anilines is 2. The van der Waals surface area contributed by atoms with Gasteiger partial charge < -0.3 is 19.5 Å². The van der Waals surface area contributed by atoms with Crippen molar-refractivity contribution in [3.05, 3.63) is 53.3 Å². The molecule has 156 valence electrons. The lowest BCUT2D eigenvalue weighted by atomic mass is 9.97. The van der Waals surface area contributed by atoms with Crippen LogP contribution in [0.5, 0.6) is 5.75 Å². The number of benzene rings is 2. The molecule has 1 N–H and O–H groups in total. The molecular formula is C21H20ClFN4O3. The van der Waals surface area contributed by atoms with E-state index in [0.29, 0.717) is 24.1 Å². The van der Waals surface area contributed by atoms with Gasteiger partial charge in [-0.25, -0.2) is 4.39 Å². The number of carbonyl (C=O) groups excluding carboxylic acids is 1. The number of piperidine rings is 1. The van der Waals surface area contributed by atoms with E-state index in [1.54, 1.807) is 7.11 Å². The smallest absolute Gasteiger partial charge is 0.324 e. The second kappa shape index (κ2) is 8.71. The second-order valence-electron chi connectivity index (χ2n) is 7.03. The summed E-state index contributed by atoms with van der Waals surface area (Å²) in [5, 5.41) is 6.82. The van der Waals surface area contributed by atoms with Gasteiger partial charge in [0.2, 0.25) is 11.7 Å². The number of amides is 1. The molecule has 2 aromatic carbocycles. The Morgan fingerprint density at radius 1 is 1.30 bits per heavy atom. The maximum atomic E-state index is 13.3. The summed E-state index contributed by atoms with van der Waals surface area (Å²) in [5.74, 6) is 0.272. The molecular weight excluding hydrogens is 411 g/mol. The zero-order valence-electron chi connectivity index (χ0n) is 16.3. The van der Waals surface area contributed by atoms with Crippen LogP contribution in [0.4, 0.5) is 16.1 Å². The topological polar surface area (TPSA) is 80.5 Å². The molecule has 1 fully saturated rings. The number of rotatable bonds is 5. The van der Waals surface area contributed by atoms with Gasteiger partial charge in [0.1, 0.15) is 11.6 Å². The van der Waals surface area contributed by atoms with Crippen LogP contribution in [-0.4, -0.2) is 36.2 Å². The Bertz CT molecular complexity index is 1040. The molecule has 9 heteroatoms. The highest BCUT2D eigenvalue weighted by molar-refractivity contribution is 6.31. The average molecular weight is 431 g/mol. The van der Waals surface area contributed by atoms with Crippen molar-refractivity contribution in [1.82, 2.24) is 10.1 Å². The van der Waals surface area contributed by atoms with Crippen molar-refractivity contribution in [2.24, 2.45) is 5.92 Å². The maximum absolute atomic E-state index is 13.3. The molecule has 1 amide bonds. The molecule has 1 aromatic heterocycles. The zero-order valence-corrected chi connectivity index (χ0v) is 17.0. The third kappa shape index (κ3) is 4.38. The van der Waals surface area contributed by atoms with Gasteiger partial charge in [0.15, 0.2) is 0 Å². The fourth-order valence-electron chi connectivity index (χ4n) is 3.38. The summed E-state index contributed by atoms with van der Waals surface area (Å²) in [7, 11) is 1.61. The lowest BCUT2D eigenvalue weighted by Crippen LogP contribution is -2.41. The summed E-state index contributed by atoms with van der Waals surface area (Å²) in [6, 6.07) is 11.9. The Morgan fingerprint density at radius 2 is 2.10 bits per heavy atom. The molecule has 2 heterocycles. The highest BCUT2D eigenvalue weighted by Crippen LogP contribution is 2.27. The van der Waals surface area contributed by atoms with E-state index in [1.807, 2.05) is 29.2 Å². The Morgan fingerprint density at radius 3 is 2.83 bits per heavy atom. The van der Waals surface area contributed by atoms with Gasteiger partial charge >= 0.3 is 6.01 Å². The number of aromatic nitrogens is 2. The number of nitrogens with one attached hydrogen (secondary N) is 1. The van der Waals surface area contributed by atoms with Gasteiger partial charge in [-0.05, 0) is 55.3 Å². The second-order valence-corrected chi connectivity index (χ2v) is 7.44. The fourth-order valence-corrected chi connectivity index (χ4v) is 3.56. The van der Waals surface area contributed by atoms with E-state index in [-0.39, 0.29) is 16.8 Å². The van der Waals surface area contributed by atoms with Crippen LogP contribution in [0.2, 0.25) is 5.02 Å². The van der Waals surface area contributed by atoms with Gasteiger partial charge in [-0.1, -0.05) is 16.8 Å². The molecule has 0 spiro atoms. The van der Waals surface area contributed by atoms with Crippen LogP contribution in [0.1, 0.15) is 12.8 Å². The summed E-state index contributed by atoms with van der Waals surface area (Å²) in [6.45, 7) is 1.17. The van der Waals surface area contributed by atoms with Gasteiger partial charge in [-0.2, -0.15) is 4.98 Å². The predicted octanol–water partition coefficient (Wildman–Crippen LogP) is 4.39. The Labute approximate surface area is 177 Å². The van der Waals surface area contributed by atoms with Crippen molar-refractivity contribution in [3.8, 4) is 17.1 Å². The summed E-state index contributed by atoms with van der Waals surface area (Å²) < 4.78 is 23.9. The molecule has 1 aliphatic heterocycles. The molecule has 4 rings (SSSR count). The largest absolute Gasteiger partial charge is 0.497 e.